The Morgan fingerprint density at radius 3 is 2.65 bits per heavy atom. The third-order valence-corrected chi connectivity index (χ3v) is 3.87. The predicted molar refractivity (Wildman–Crippen MR) is 98.0 cm³/mol. The summed E-state index contributed by atoms with van der Waals surface area (Å²) >= 11 is 0. The van der Waals surface area contributed by atoms with Crippen LogP contribution in [0, 0.1) is 15.9 Å². The van der Waals surface area contributed by atoms with Gasteiger partial charge in [-0.15, -0.1) is 0 Å². The summed E-state index contributed by atoms with van der Waals surface area (Å²) in [7, 11) is 3.68. The van der Waals surface area contributed by atoms with Crippen molar-refractivity contribution < 1.29 is 14.1 Å². The van der Waals surface area contributed by atoms with Gasteiger partial charge in [0, 0.05) is 18.7 Å². The van der Waals surface area contributed by atoms with Crippen LogP contribution in [0.2, 0.25) is 0 Å². The van der Waals surface area contributed by atoms with Gasteiger partial charge >= 0.3 is 0 Å². The molecule has 2 aromatic rings. The normalized spacial score (nSPS) is 12.3. The second kappa shape index (κ2) is 8.87. The number of para-hydroxylation sites is 1. The van der Waals surface area contributed by atoms with E-state index >= 15 is 0 Å². The molecule has 0 saturated carbocycles. The molecule has 26 heavy (non-hydrogen) atoms. The number of hydrogen-bond donors (Lipinski definition) is 1. The van der Waals surface area contributed by atoms with Crippen LogP contribution in [0.15, 0.2) is 54.6 Å². The number of nitrogens with zero attached hydrogens (tertiary/aromatic N) is 2. The number of benzene rings is 2. The van der Waals surface area contributed by atoms with Gasteiger partial charge in [-0.05, 0) is 43.9 Å². The SMILES string of the molecule is CN(C)C(CNC(=O)C=Cc1ccccc1[N+](=O)[O-])c1cccc(F)c1. The van der Waals surface area contributed by atoms with E-state index in [-0.39, 0.29) is 30.0 Å². The largest absolute Gasteiger partial charge is 0.351 e. The Balaban J connectivity index is 2.04. The Bertz CT molecular complexity index is 821. The molecule has 7 heteroatoms. The van der Waals surface area contributed by atoms with Crippen LogP contribution in [0.4, 0.5) is 10.1 Å². The van der Waals surface area contributed by atoms with Crippen molar-refractivity contribution in [1.29, 1.82) is 0 Å². The molecule has 0 radical (unpaired) electrons. The number of hydrogen-bond acceptors (Lipinski definition) is 4. The third kappa shape index (κ3) is 5.22. The molecule has 1 amide bonds. The Kier molecular flexibility index (Phi) is 6.57. The molecule has 2 rings (SSSR count). The number of nitro groups is 1. The molecule has 136 valence electrons. The Labute approximate surface area is 151 Å². The Morgan fingerprint density at radius 1 is 1.27 bits per heavy atom. The van der Waals surface area contributed by atoms with E-state index in [1.807, 2.05) is 19.0 Å². The highest BCUT2D eigenvalue weighted by molar-refractivity contribution is 5.92. The van der Waals surface area contributed by atoms with Gasteiger partial charge in [0.25, 0.3) is 5.69 Å². The fraction of sp³-hybridized carbons (Fsp3) is 0.211. The minimum Gasteiger partial charge on any atom is -0.351 e. The average Bonchev–Trinajstić information content (AvgIpc) is 2.60. The lowest BCUT2D eigenvalue weighted by molar-refractivity contribution is -0.385. The average molecular weight is 357 g/mol. The second-order valence-electron chi connectivity index (χ2n) is 5.93. The molecule has 1 atom stereocenters. The second-order valence-corrected chi connectivity index (χ2v) is 5.93. The van der Waals surface area contributed by atoms with Crippen molar-refractivity contribution in [2.45, 2.75) is 6.04 Å². The van der Waals surface area contributed by atoms with Gasteiger partial charge in [0.05, 0.1) is 16.5 Å². The third-order valence-electron chi connectivity index (χ3n) is 3.87. The summed E-state index contributed by atoms with van der Waals surface area (Å²) < 4.78 is 13.4. The van der Waals surface area contributed by atoms with E-state index in [1.54, 1.807) is 30.3 Å². The predicted octanol–water partition coefficient (Wildman–Crippen LogP) is 3.17. The fourth-order valence-electron chi connectivity index (χ4n) is 2.53. The number of rotatable bonds is 7. The number of carbonyl (C=O) groups is 1. The summed E-state index contributed by atoms with van der Waals surface area (Å²) in [5.74, 6) is -0.719. The van der Waals surface area contributed by atoms with Gasteiger partial charge < -0.3 is 10.2 Å². The zero-order chi connectivity index (χ0) is 19.1. The molecule has 0 spiro atoms. The number of nitro benzene ring substituents is 1. The molecule has 1 N–H and O–H groups in total. The minimum absolute atomic E-state index is 0.0671. The first-order chi connectivity index (χ1) is 12.4. The molecule has 0 aromatic heterocycles. The first-order valence-electron chi connectivity index (χ1n) is 7.99. The summed E-state index contributed by atoms with van der Waals surface area (Å²) in [5, 5.41) is 13.7. The number of halogens is 1. The van der Waals surface area contributed by atoms with Crippen LogP contribution in [-0.4, -0.2) is 36.4 Å². The lowest BCUT2D eigenvalue weighted by Gasteiger charge is -2.24. The minimum atomic E-state index is -0.496. The van der Waals surface area contributed by atoms with E-state index < -0.39 is 4.92 Å². The van der Waals surface area contributed by atoms with Gasteiger partial charge in [0.1, 0.15) is 5.82 Å². The standard InChI is InChI=1S/C19H20FN3O3/c1-22(2)18(15-7-5-8-16(20)12-15)13-21-19(24)11-10-14-6-3-4-9-17(14)23(25)26/h3-12,18H,13H2,1-2H3,(H,21,24). The highest BCUT2D eigenvalue weighted by Gasteiger charge is 2.15. The van der Waals surface area contributed by atoms with Gasteiger partial charge in [-0.3, -0.25) is 14.9 Å². The van der Waals surface area contributed by atoms with E-state index in [2.05, 4.69) is 5.32 Å². The van der Waals surface area contributed by atoms with E-state index in [4.69, 9.17) is 0 Å². The van der Waals surface area contributed by atoms with E-state index in [0.717, 1.165) is 5.56 Å². The monoisotopic (exact) mass is 357 g/mol. The van der Waals surface area contributed by atoms with Gasteiger partial charge in [-0.25, -0.2) is 4.39 Å². The molecule has 0 bridgehead atoms. The van der Waals surface area contributed by atoms with Crippen molar-refractivity contribution >= 4 is 17.7 Å². The van der Waals surface area contributed by atoms with E-state index in [9.17, 15) is 19.3 Å². The highest BCUT2D eigenvalue weighted by Crippen LogP contribution is 2.20. The molecular weight excluding hydrogens is 337 g/mol. The van der Waals surface area contributed by atoms with Crippen LogP contribution in [0.3, 0.4) is 0 Å². The molecule has 6 nitrogen and oxygen atoms in total. The molecule has 1 unspecified atom stereocenters. The molecule has 0 aliphatic carbocycles. The maximum Gasteiger partial charge on any atom is 0.276 e. The first-order valence-corrected chi connectivity index (χ1v) is 7.99. The van der Waals surface area contributed by atoms with Gasteiger partial charge in [-0.2, -0.15) is 0 Å². The van der Waals surface area contributed by atoms with Crippen molar-refractivity contribution in [2.24, 2.45) is 0 Å². The maximum atomic E-state index is 13.4. The van der Waals surface area contributed by atoms with Crippen molar-refractivity contribution in [3.8, 4) is 0 Å². The maximum absolute atomic E-state index is 13.4. The number of likely N-dealkylation sites (N-methyl/N-ethyl adjacent to an activating group) is 1. The van der Waals surface area contributed by atoms with Gasteiger partial charge in [0.15, 0.2) is 0 Å². The lowest BCUT2D eigenvalue weighted by atomic mass is 10.1. The van der Waals surface area contributed by atoms with Crippen LogP contribution in [-0.2, 0) is 4.79 Å². The molecule has 2 aromatic carbocycles. The van der Waals surface area contributed by atoms with Crippen molar-refractivity contribution in [2.75, 3.05) is 20.6 Å². The smallest absolute Gasteiger partial charge is 0.276 e. The van der Waals surface area contributed by atoms with Crippen LogP contribution in [0.5, 0.6) is 0 Å². The Hall–Kier alpha value is -3.06. The lowest BCUT2D eigenvalue weighted by Crippen LogP contribution is -2.33. The Morgan fingerprint density at radius 2 is 2.00 bits per heavy atom. The van der Waals surface area contributed by atoms with Crippen molar-refractivity contribution in [1.82, 2.24) is 10.2 Å². The van der Waals surface area contributed by atoms with Gasteiger partial charge in [0.2, 0.25) is 5.91 Å². The summed E-state index contributed by atoms with van der Waals surface area (Å²) in [5.41, 5.74) is 1.03. The molecule has 0 saturated heterocycles. The fourth-order valence-corrected chi connectivity index (χ4v) is 2.53. The highest BCUT2D eigenvalue weighted by atomic mass is 19.1. The van der Waals surface area contributed by atoms with Crippen LogP contribution in [0.25, 0.3) is 6.08 Å². The summed E-state index contributed by atoms with van der Waals surface area (Å²) in [6.07, 6.45) is 2.65. The van der Waals surface area contributed by atoms with Crippen LogP contribution < -0.4 is 5.32 Å². The van der Waals surface area contributed by atoms with Crippen molar-refractivity contribution in [3.05, 3.63) is 81.7 Å². The first kappa shape index (κ1) is 19.3. The van der Waals surface area contributed by atoms with E-state index in [1.165, 1.54) is 30.4 Å². The zero-order valence-electron chi connectivity index (χ0n) is 14.6. The summed E-state index contributed by atoms with van der Waals surface area (Å²) in [6.45, 7) is 0.274. The van der Waals surface area contributed by atoms with E-state index in [0.29, 0.717) is 5.56 Å². The topological polar surface area (TPSA) is 75.5 Å². The summed E-state index contributed by atoms with van der Waals surface area (Å²) in [6, 6.07) is 12.2. The van der Waals surface area contributed by atoms with Crippen LogP contribution >= 0.6 is 0 Å². The molecule has 0 fully saturated rings. The zero-order valence-corrected chi connectivity index (χ0v) is 14.6. The number of carbonyl (C=O) groups excluding carboxylic acids is 1. The quantitative estimate of drug-likeness (QED) is 0.469. The molecule has 0 aliphatic heterocycles. The summed E-state index contributed by atoms with van der Waals surface area (Å²) in [4.78, 5) is 24.4. The van der Waals surface area contributed by atoms with Crippen LogP contribution in [0.1, 0.15) is 17.2 Å². The molecule has 0 aliphatic rings. The molecule has 0 heterocycles. The number of nitrogens with one attached hydrogen (secondary N) is 1. The van der Waals surface area contributed by atoms with Crippen molar-refractivity contribution in [3.63, 3.8) is 0 Å². The number of amides is 1. The molecular formula is C19H20FN3O3. The van der Waals surface area contributed by atoms with Gasteiger partial charge in [-0.1, -0.05) is 24.3 Å².